The monoisotopic (exact) mass is 392 g/mol. The van der Waals surface area contributed by atoms with Crippen molar-refractivity contribution in [2.45, 2.75) is 33.3 Å². The largest absolute Gasteiger partial charge is 0.480 e. The first-order valence-electron chi connectivity index (χ1n) is 10.5. The van der Waals surface area contributed by atoms with Crippen molar-refractivity contribution in [1.29, 1.82) is 0 Å². The van der Waals surface area contributed by atoms with Crippen LogP contribution in [0, 0.1) is 13.8 Å². The first-order chi connectivity index (χ1) is 14.1. The Kier molecular flexibility index (Phi) is 7.48. The number of hydrogen-bond donors (Lipinski definition) is 0. The van der Waals surface area contributed by atoms with Gasteiger partial charge in [-0.15, -0.1) is 0 Å². The molecule has 1 aliphatic rings. The molecule has 0 saturated carbocycles. The molecule has 1 fully saturated rings. The molecule has 29 heavy (non-hydrogen) atoms. The van der Waals surface area contributed by atoms with Crippen LogP contribution in [0.3, 0.4) is 0 Å². The molecule has 1 amide bonds. The molecule has 1 atom stereocenters. The molecule has 0 bridgehead atoms. The molecule has 0 radical (unpaired) electrons. The summed E-state index contributed by atoms with van der Waals surface area (Å²) in [5.74, 6) is 0.919. The summed E-state index contributed by atoms with van der Waals surface area (Å²) in [5.41, 5.74) is 3.51. The maximum atomic E-state index is 13.0. The molecule has 0 unspecified atom stereocenters. The standard InChI is InChI=1S/C25H32N2O2/c1-4-23(29-24-14-8-10-20(2)21(24)3)25(28)27-18-16-26(17-19-27)15-9-13-22-11-6-5-7-12-22/h5-14,23H,4,15-19H2,1-3H3/b13-9+/t23-/m0/s1. The van der Waals surface area contributed by atoms with E-state index in [-0.39, 0.29) is 5.91 Å². The van der Waals surface area contributed by atoms with E-state index in [4.69, 9.17) is 4.74 Å². The van der Waals surface area contributed by atoms with Gasteiger partial charge >= 0.3 is 0 Å². The fraction of sp³-hybridized carbons (Fsp3) is 0.400. The predicted octanol–water partition coefficient (Wildman–Crippen LogP) is 4.32. The van der Waals surface area contributed by atoms with Gasteiger partial charge in [0.25, 0.3) is 5.91 Å². The lowest BCUT2D eigenvalue weighted by Crippen LogP contribution is -2.52. The molecule has 0 spiro atoms. The van der Waals surface area contributed by atoms with Crippen LogP contribution in [-0.2, 0) is 4.79 Å². The molecule has 1 aliphatic heterocycles. The van der Waals surface area contributed by atoms with Crippen molar-refractivity contribution >= 4 is 12.0 Å². The van der Waals surface area contributed by atoms with Crippen LogP contribution in [0.25, 0.3) is 6.08 Å². The van der Waals surface area contributed by atoms with E-state index < -0.39 is 6.10 Å². The van der Waals surface area contributed by atoms with Crippen LogP contribution in [0.2, 0.25) is 0 Å². The van der Waals surface area contributed by atoms with Gasteiger partial charge in [0.05, 0.1) is 0 Å². The van der Waals surface area contributed by atoms with Crippen molar-refractivity contribution in [2.75, 3.05) is 32.7 Å². The smallest absolute Gasteiger partial charge is 0.263 e. The molecule has 2 aromatic rings. The Morgan fingerprint density at radius 3 is 2.45 bits per heavy atom. The van der Waals surface area contributed by atoms with Crippen molar-refractivity contribution in [3.05, 3.63) is 71.3 Å². The molecule has 154 valence electrons. The number of ether oxygens (including phenoxy) is 1. The summed E-state index contributed by atoms with van der Waals surface area (Å²) < 4.78 is 6.12. The highest BCUT2D eigenvalue weighted by Crippen LogP contribution is 2.23. The molecule has 4 heteroatoms. The average molecular weight is 393 g/mol. The van der Waals surface area contributed by atoms with Gasteiger partial charge in [0, 0.05) is 32.7 Å². The maximum absolute atomic E-state index is 13.0. The Hall–Kier alpha value is -2.59. The first-order valence-corrected chi connectivity index (χ1v) is 10.5. The number of piperazine rings is 1. The normalized spacial score (nSPS) is 16.2. The third-order valence-corrected chi connectivity index (χ3v) is 5.63. The molecular formula is C25H32N2O2. The minimum absolute atomic E-state index is 0.105. The summed E-state index contributed by atoms with van der Waals surface area (Å²) in [6, 6.07) is 16.3. The van der Waals surface area contributed by atoms with E-state index in [9.17, 15) is 4.79 Å². The van der Waals surface area contributed by atoms with E-state index in [2.05, 4.69) is 54.3 Å². The van der Waals surface area contributed by atoms with E-state index in [1.54, 1.807) is 0 Å². The lowest BCUT2D eigenvalue weighted by atomic mass is 10.1. The number of carbonyl (C=O) groups excluding carboxylic acids is 1. The molecule has 2 aromatic carbocycles. The van der Waals surface area contributed by atoms with Crippen LogP contribution in [0.1, 0.15) is 30.0 Å². The SMILES string of the molecule is CC[C@H](Oc1cccc(C)c1C)C(=O)N1CCN(C/C=C/c2ccccc2)CC1. The number of rotatable bonds is 7. The van der Waals surface area contributed by atoms with Gasteiger partial charge in [-0.2, -0.15) is 0 Å². The molecule has 1 saturated heterocycles. The van der Waals surface area contributed by atoms with Crippen LogP contribution < -0.4 is 4.74 Å². The van der Waals surface area contributed by atoms with Gasteiger partial charge in [0.15, 0.2) is 6.10 Å². The minimum Gasteiger partial charge on any atom is -0.480 e. The zero-order chi connectivity index (χ0) is 20.6. The Morgan fingerprint density at radius 2 is 1.76 bits per heavy atom. The van der Waals surface area contributed by atoms with Gasteiger partial charge in [0.2, 0.25) is 0 Å². The molecule has 0 aliphatic carbocycles. The second-order valence-electron chi connectivity index (χ2n) is 7.65. The Balaban J connectivity index is 1.50. The lowest BCUT2D eigenvalue weighted by molar-refractivity contribution is -0.140. The molecule has 0 aromatic heterocycles. The zero-order valence-electron chi connectivity index (χ0n) is 17.8. The number of aryl methyl sites for hydroxylation is 1. The summed E-state index contributed by atoms with van der Waals surface area (Å²) in [7, 11) is 0. The minimum atomic E-state index is -0.417. The molecule has 1 heterocycles. The molecule has 3 rings (SSSR count). The second-order valence-corrected chi connectivity index (χ2v) is 7.65. The van der Waals surface area contributed by atoms with E-state index >= 15 is 0 Å². The topological polar surface area (TPSA) is 32.8 Å². The van der Waals surface area contributed by atoms with Gasteiger partial charge in [0.1, 0.15) is 5.75 Å². The van der Waals surface area contributed by atoms with Crippen molar-refractivity contribution in [2.24, 2.45) is 0 Å². The highest BCUT2D eigenvalue weighted by molar-refractivity contribution is 5.81. The van der Waals surface area contributed by atoms with Crippen LogP contribution >= 0.6 is 0 Å². The van der Waals surface area contributed by atoms with Crippen LogP contribution in [-0.4, -0.2) is 54.5 Å². The quantitative estimate of drug-likeness (QED) is 0.704. The number of carbonyl (C=O) groups is 1. The third kappa shape index (κ3) is 5.70. The van der Waals surface area contributed by atoms with Crippen LogP contribution in [0.5, 0.6) is 5.75 Å². The van der Waals surface area contributed by atoms with Gasteiger partial charge < -0.3 is 9.64 Å². The predicted molar refractivity (Wildman–Crippen MR) is 119 cm³/mol. The summed E-state index contributed by atoms with van der Waals surface area (Å²) in [5, 5.41) is 0. The van der Waals surface area contributed by atoms with Crippen molar-refractivity contribution in [3.63, 3.8) is 0 Å². The Bertz CT molecular complexity index is 824. The molecular weight excluding hydrogens is 360 g/mol. The van der Waals surface area contributed by atoms with Crippen molar-refractivity contribution in [1.82, 2.24) is 9.80 Å². The number of hydrogen-bond acceptors (Lipinski definition) is 3. The Labute approximate surface area is 174 Å². The molecule has 0 N–H and O–H groups in total. The summed E-state index contributed by atoms with van der Waals surface area (Å²) in [6.07, 6.45) is 4.61. The van der Waals surface area contributed by atoms with E-state index in [0.29, 0.717) is 6.42 Å². The Morgan fingerprint density at radius 1 is 1.03 bits per heavy atom. The first kappa shape index (κ1) is 21.1. The fourth-order valence-corrected chi connectivity index (χ4v) is 3.57. The van der Waals surface area contributed by atoms with Gasteiger partial charge in [-0.05, 0) is 43.0 Å². The van der Waals surface area contributed by atoms with Crippen LogP contribution in [0.15, 0.2) is 54.6 Å². The fourth-order valence-electron chi connectivity index (χ4n) is 3.57. The van der Waals surface area contributed by atoms with Gasteiger partial charge in [-0.3, -0.25) is 9.69 Å². The highest BCUT2D eigenvalue weighted by Gasteiger charge is 2.28. The van der Waals surface area contributed by atoms with Crippen molar-refractivity contribution < 1.29 is 9.53 Å². The van der Waals surface area contributed by atoms with E-state index in [1.807, 2.05) is 36.9 Å². The number of benzene rings is 2. The summed E-state index contributed by atoms with van der Waals surface area (Å²) in [4.78, 5) is 17.3. The van der Waals surface area contributed by atoms with E-state index in [1.165, 1.54) is 11.1 Å². The van der Waals surface area contributed by atoms with Gasteiger partial charge in [-0.25, -0.2) is 0 Å². The zero-order valence-corrected chi connectivity index (χ0v) is 17.8. The van der Waals surface area contributed by atoms with Crippen molar-refractivity contribution in [3.8, 4) is 5.75 Å². The molecule has 4 nitrogen and oxygen atoms in total. The summed E-state index contributed by atoms with van der Waals surface area (Å²) >= 11 is 0. The number of amides is 1. The summed E-state index contributed by atoms with van der Waals surface area (Å²) in [6.45, 7) is 10.3. The van der Waals surface area contributed by atoms with Crippen LogP contribution in [0.4, 0.5) is 0 Å². The highest BCUT2D eigenvalue weighted by atomic mass is 16.5. The average Bonchev–Trinajstić information content (AvgIpc) is 2.75. The van der Waals surface area contributed by atoms with Gasteiger partial charge in [-0.1, -0.05) is 61.5 Å². The number of nitrogens with zero attached hydrogens (tertiary/aromatic N) is 2. The lowest BCUT2D eigenvalue weighted by Gasteiger charge is -2.36. The second kappa shape index (κ2) is 10.3. The third-order valence-electron chi connectivity index (χ3n) is 5.63. The maximum Gasteiger partial charge on any atom is 0.263 e. The van der Waals surface area contributed by atoms with E-state index in [0.717, 1.165) is 44.0 Å².